The summed E-state index contributed by atoms with van der Waals surface area (Å²) in [5.74, 6) is 0.567. The van der Waals surface area contributed by atoms with E-state index < -0.39 is 0 Å². The van der Waals surface area contributed by atoms with Crippen LogP contribution in [0.15, 0.2) is 66.9 Å². The molecule has 7 nitrogen and oxygen atoms in total. The number of benzene rings is 2. The normalized spacial score (nSPS) is 10.1. The van der Waals surface area contributed by atoms with Crippen LogP contribution in [0.1, 0.15) is 26.4 Å². The Hall–Kier alpha value is -3.87. The van der Waals surface area contributed by atoms with Crippen LogP contribution < -0.4 is 20.1 Å². The molecule has 1 aromatic heterocycles. The Labute approximate surface area is 168 Å². The molecule has 2 amide bonds. The topological polar surface area (TPSA) is 89.5 Å². The molecule has 2 N–H and O–H groups in total. The van der Waals surface area contributed by atoms with Crippen LogP contribution in [-0.4, -0.2) is 31.0 Å². The number of anilines is 1. The monoisotopic (exact) mass is 391 g/mol. The summed E-state index contributed by atoms with van der Waals surface area (Å²) in [5, 5.41) is 5.60. The van der Waals surface area contributed by atoms with Crippen LogP contribution in [0.2, 0.25) is 0 Å². The lowest BCUT2D eigenvalue weighted by molar-refractivity contribution is 0.0948. The third-order valence-electron chi connectivity index (χ3n) is 4.22. The fraction of sp³-hybridized carbons (Fsp3) is 0.136. The maximum absolute atomic E-state index is 12.5. The first kappa shape index (κ1) is 19.9. The molecule has 0 radical (unpaired) electrons. The van der Waals surface area contributed by atoms with Gasteiger partial charge in [-0.3, -0.25) is 14.6 Å². The van der Waals surface area contributed by atoms with Gasteiger partial charge in [-0.15, -0.1) is 0 Å². The number of carbonyl (C=O) groups excluding carboxylic acids is 2. The van der Waals surface area contributed by atoms with E-state index in [1.807, 2.05) is 18.2 Å². The van der Waals surface area contributed by atoms with E-state index in [1.54, 1.807) is 55.8 Å². The molecule has 0 unspecified atom stereocenters. The van der Waals surface area contributed by atoms with Crippen molar-refractivity contribution < 1.29 is 19.1 Å². The molecule has 2 aromatic carbocycles. The molecule has 0 aliphatic carbocycles. The predicted molar refractivity (Wildman–Crippen MR) is 109 cm³/mol. The molecule has 1 heterocycles. The molecule has 0 spiro atoms. The van der Waals surface area contributed by atoms with Crippen molar-refractivity contribution in [2.24, 2.45) is 0 Å². The van der Waals surface area contributed by atoms with Crippen molar-refractivity contribution in [2.45, 2.75) is 6.54 Å². The Morgan fingerprint density at radius 1 is 0.897 bits per heavy atom. The van der Waals surface area contributed by atoms with E-state index in [4.69, 9.17) is 9.47 Å². The van der Waals surface area contributed by atoms with Gasteiger partial charge >= 0.3 is 0 Å². The number of pyridine rings is 1. The van der Waals surface area contributed by atoms with E-state index in [2.05, 4.69) is 15.6 Å². The second kappa shape index (κ2) is 9.36. The highest BCUT2D eigenvalue weighted by atomic mass is 16.5. The Balaban J connectivity index is 1.63. The summed E-state index contributed by atoms with van der Waals surface area (Å²) in [6.45, 7) is 0.333. The molecule has 3 rings (SSSR count). The fourth-order valence-corrected chi connectivity index (χ4v) is 2.64. The van der Waals surface area contributed by atoms with Crippen molar-refractivity contribution in [2.75, 3.05) is 19.5 Å². The highest BCUT2D eigenvalue weighted by Gasteiger charge is 2.12. The van der Waals surface area contributed by atoms with Crippen molar-refractivity contribution >= 4 is 17.5 Å². The van der Waals surface area contributed by atoms with E-state index in [0.29, 0.717) is 34.9 Å². The lowest BCUT2D eigenvalue weighted by Crippen LogP contribution is -2.23. The number of ether oxygens (including phenoxy) is 2. The Morgan fingerprint density at radius 2 is 1.62 bits per heavy atom. The molecule has 3 aromatic rings. The van der Waals surface area contributed by atoms with Gasteiger partial charge < -0.3 is 20.1 Å². The van der Waals surface area contributed by atoms with Crippen LogP contribution >= 0.6 is 0 Å². The molecule has 148 valence electrons. The van der Waals surface area contributed by atoms with E-state index in [9.17, 15) is 9.59 Å². The van der Waals surface area contributed by atoms with E-state index in [0.717, 1.165) is 5.69 Å². The third-order valence-corrected chi connectivity index (χ3v) is 4.22. The summed E-state index contributed by atoms with van der Waals surface area (Å²) in [6.07, 6.45) is 1.67. The van der Waals surface area contributed by atoms with Gasteiger partial charge in [0.2, 0.25) is 0 Å². The van der Waals surface area contributed by atoms with Gasteiger partial charge in [0.05, 0.1) is 32.1 Å². The standard InChI is InChI=1S/C22H21N3O4/c1-28-18-10-11-19(20(13-18)29-2)25-22(27)16-8-6-15(7-9-16)21(26)24-14-17-5-3-4-12-23-17/h3-13H,14H2,1-2H3,(H,24,26)(H,25,27). The number of nitrogens with zero attached hydrogens (tertiary/aromatic N) is 1. The maximum Gasteiger partial charge on any atom is 0.255 e. The van der Waals surface area contributed by atoms with Crippen molar-refractivity contribution in [3.63, 3.8) is 0 Å². The number of amides is 2. The quantitative estimate of drug-likeness (QED) is 0.645. The van der Waals surface area contributed by atoms with Crippen LogP contribution in [0.5, 0.6) is 11.5 Å². The molecule has 0 saturated carbocycles. The summed E-state index contributed by atoms with van der Waals surface area (Å²) in [7, 11) is 3.07. The fourth-order valence-electron chi connectivity index (χ4n) is 2.64. The third kappa shape index (κ3) is 5.10. The lowest BCUT2D eigenvalue weighted by atomic mass is 10.1. The van der Waals surface area contributed by atoms with Gasteiger partial charge in [-0.25, -0.2) is 0 Å². The van der Waals surface area contributed by atoms with Crippen molar-refractivity contribution in [3.05, 3.63) is 83.7 Å². The molecular weight excluding hydrogens is 370 g/mol. The maximum atomic E-state index is 12.5. The van der Waals surface area contributed by atoms with Crippen molar-refractivity contribution in [1.29, 1.82) is 0 Å². The van der Waals surface area contributed by atoms with Crippen LogP contribution in [0.4, 0.5) is 5.69 Å². The zero-order valence-electron chi connectivity index (χ0n) is 16.1. The number of methoxy groups -OCH3 is 2. The van der Waals surface area contributed by atoms with E-state index in [1.165, 1.54) is 7.11 Å². The van der Waals surface area contributed by atoms with Crippen LogP contribution in [0, 0.1) is 0 Å². The van der Waals surface area contributed by atoms with Crippen LogP contribution in [-0.2, 0) is 6.54 Å². The van der Waals surface area contributed by atoms with Crippen molar-refractivity contribution in [3.8, 4) is 11.5 Å². The number of aromatic nitrogens is 1. The summed E-state index contributed by atoms with van der Waals surface area (Å²) in [5.41, 5.74) is 2.17. The second-order valence-electron chi connectivity index (χ2n) is 6.10. The van der Waals surface area contributed by atoms with Gasteiger partial charge in [0.25, 0.3) is 11.8 Å². The molecule has 7 heteroatoms. The molecule has 29 heavy (non-hydrogen) atoms. The summed E-state index contributed by atoms with van der Waals surface area (Å²) in [4.78, 5) is 28.9. The van der Waals surface area contributed by atoms with Crippen LogP contribution in [0.3, 0.4) is 0 Å². The number of hydrogen-bond donors (Lipinski definition) is 2. The summed E-state index contributed by atoms with van der Waals surface area (Å²) >= 11 is 0. The zero-order valence-corrected chi connectivity index (χ0v) is 16.1. The summed E-state index contributed by atoms with van der Waals surface area (Å²) in [6, 6.07) is 17.0. The predicted octanol–water partition coefficient (Wildman–Crippen LogP) is 3.28. The first-order valence-corrected chi connectivity index (χ1v) is 8.92. The Kier molecular flexibility index (Phi) is 6.42. The second-order valence-corrected chi connectivity index (χ2v) is 6.10. The minimum atomic E-state index is -0.311. The number of nitrogens with one attached hydrogen (secondary N) is 2. The molecule has 0 atom stereocenters. The van der Waals surface area contributed by atoms with Gasteiger partial charge in [0, 0.05) is 23.4 Å². The molecule has 0 saturated heterocycles. The number of rotatable bonds is 7. The Bertz CT molecular complexity index is 989. The van der Waals surface area contributed by atoms with Gasteiger partial charge in [0.15, 0.2) is 0 Å². The lowest BCUT2D eigenvalue weighted by Gasteiger charge is -2.12. The zero-order chi connectivity index (χ0) is 20.6. The van der Waals surface area contributed by atoms with E-state index >= 15 is 0 Å². The van der Waals surface area contributed by atoms with Gasteiger partial charge in [-0.05, 0) is 48.5 Å². The Morgan fingerprint density at radius 3 is 2.24 bits per heavy atom. The van der Waals surface area contributed by atoms with Gasteiger partial charge in [0.1, 0.15) is 11.5 Å². The highest BCUT2D eigenvalue weighted by Crippen LogP contribution is 2.29. The first-order valence-electron chi connectivity index (χ1n) is 8.92. The SMILES string of the molecule is COc1ccc(NC(=O)c2ccc(C(=O)NCc3ccccn3)cc2)c(OC)c1. The van der Waals surface area contributed by atoms with Crippen molar-refractivity contribution in [1.82, 2.24) is 10.3 Å². The first-order chi connectivity index (χ1) is 14.1. The number of carbonyl (C=O) groups is 2. The average molecular weight is 391 g/mol. The van der Waals surface area contributed by atoms with E-state index in [-0.39, 0.29) is 11.8 Å². The molecule has 0 aliphatic heterocycles. The minimum absolute atomic E-state index is 0.237. The van der Waals surface area contributed by atoms with Gasteiger partial charge in [-0.1, -0.05) is 6.07 Å². The smallest absolute Gasteiger partial charge is 0.255 e. The largest absolute Gasteiger partial charge is 0.497 e. The average Bonchev–Trinajstić information content (AvgIpc) is 2.78. The molecule has 0 bridgehead atoms. The molecular formula is C22H21N3O4. The molecule has 0 fully saturated rings. The van der Waals surface area contributed by atoms with Gasteiger partial charge in [-0.2, -0.15) is 0 Å². The minimum Gasteiger partial charge on any atom is -0.497 e. The number of hydrogen-bond acceptors (Lipinski definition) is 5. The highest BCUT2D eigenvalue weighted by molar-refractivity contribution is 6.05. The molecule has 0 aliphatic rings. The van der Waals surface area contributed by atoms with Crippen LogP contribution in [0.25, 0.3) is 0 Å². The summed E-state index contributed by atoms with van der Waals surface area (Å²) < 4.78 is 10.4.